The minimum Gasteiger partial charge on any atom is -0.504 e. The first kappa shape index (κ1) is 12.7. The highest BCUT2D eigenvalue weighted by Crippen LogP contribution is 2.32. The van der Waals surface area contributed by atoms with E-state index in [2.05, 4.69) is 35.2 Å². The lowest BCUT2D eigenvalue weighted by Gasteiger charge is -2.46. The van der Waals surface area contributed by atoms with E-state index < -0.39 is 0 Å². The molecule has 2 aliphatic rings. The fraction of sp³-hybridized carbons (Fsp3) is 0.500. The summed E-state index contributed by atoms with van der Waals surface area (Å²) >= 11 is 0. The molecule has 3 nitrogen and oxygen atoms in total. The molecule has 1 aromatic carbocycles. The first-order chi connectivity index (χ1) is 9.36. The SMILES string of the molecule is COC=C1CC2COCC(C1)N2Cc1ccccc1. The molecule has 1 aromatic rings. The second-order valence-corrected chi connectivity index (χ2v) is 5.42. The number of hydrogen-bond donors (Lipinski definition) is 0. The predicted octanol–water partition coefficient (Wildman–Crippen LogP) is 2.58. The largest absolute Gasteiger partial charge is 0.504 e. The second-order valence-electron chi connectivity index (χ2n) is 5.42. The van der Waals surface area contributed by atoms with Gasteiger partial charge in [-0.1, -0.05) is 30.3 Å². The maximum atomic E-state index is 5.72. The molecule has 2 unspecified atom stereocenters. The van der Waals surface area contributed by atoms with Gasteiger partial charge in [-0.3, -0.25) is 4.90 Å². The Labute approximate surface area is 114 Å². The van der Waals surface area contributed by atoms with Gasteiger partial charge in [0.2, 0.25) is 0 Å². The summed E-state index contributed by atoms with van der Waals surface area (Å²) in [7, 11) is 1.73. The van der Waals surface area contributed by atoms with E-state index in [1.807, 2.05) is 6.26 Å². The molecule has 2 aliphatic heterocycles. The third-order valence-electron chi connectivity index (χ3n) is 4.05. The molecule has 0 aliphatic carbocycles. The monoisotopic (exact) mass is 259 g/mol. The number of hydrogen-bond acceptors (Lipinski definition) is 3. The number of rotatable bonds is 3. The Kier molecular flexibility index (Phi) is 3.85. The standard InChI is InChI=1S/C16H21NO2/c1-18-10-14-7-15-11-19-12-16(8-14)17(15)9-13-5-3-2-4-6-13/h2-6,10,15-16H,7-9,11-12H2,1H3. The van der Waals surface area contributed by atoms with E-state index in [-0.39, 0.29) is 0 Å². The van der Waals surface area contributed by atoms with Crippen molar-refractivity contribution >= 4 is 0 Å². The predicted molar refractivity (Wildman–Crippen MR) is 74.7 cm³/mol. The average molecular weight is 259 g/mol. The molecule has 19 heavy (non-hydrogen) atoms. The highest BCUT2D eigenvalue weighted by molar-refractivity contribution is 5.17. The number of nitrogens with zero attached hydrogens (tertiary/aromatic N) is 1. The fourth-order valence-corrected chi connectivity index (χ4v) is 3.19. The third kappa shape index (κ3) is 2.82. The first-order valence-electron chi connectivity index (χ1n) is 6.95. The Balaban J connectivity index is 1.74. The van der Waals surface area contributed by atoms with Crippen LogP contribution in [0.5, 0.6) is 0 Å². The molecule has 2 bridgehead atoms. The van der Waals surface area contributed by atoms with E-state index in [1.54, 1.807) is 7.11 Å². The Morgan fingerprint density at radius 1 is 1.21 bits per heavy atom. The zero-order valence-electron chi connectivity index (χ0n) is 11.4. The van der Waals surface area contributed by atoms with Crippen molar-refractivity contribution in [2.24, 2.45) is 0 Å². The highest BCUT2D eigenvalue weighted by atomic mass is 16.5. The summed E-state index contributed by atoms with van der Waals surface area (Å²) in [6.07, 6.45) is 4.06. The van der Waals surface area contributed by atoms with E-state index in [4.69, 9.17) is 9.47 Å². The summed E-state index contributed by atoms with van der Waals surface area (Å²) in [5.74, 6) is 0. The molecule has 0 radical (unpaired) electrons. The molecule has 2 saturated heterocycles. The number of piperidine rings is 1. The minimum atomic E-state index is 0.495. The normalized spacial score (nSPS) is 27.1. The zero-order valence-corrected chi connectivity index (χ0v) is 11.4. The molecule has 2 fully saturated rings. The van der Waals surface area contributed by atoms with E-state index in [0.717, 1.165) is 32.6 Å². The summed E-state index contributed by atoms with van der Waals surface area (Å²) in [5, 5.41) is 0. The zero-order chi connectivity index (χ0) is 13.1. The lowest BCUT2D eigenvalue weighted by Crippen LogP contribution is -2.54. The van der Waals surface area contributed by atoms with Crippen molar-refractivity contribution < 1.29 is 9.47 Å². The molecule has 0 spiro atoms. The summed E-state index contributed by atoms with van der Waals surface area (Å²) in [6.45, 7) is 2.70. The van der Waals surface area contributed by atoms with Gasteiger partial charge in [0.15, 0.2) is 0 Å². The van der Waals surface area contributed by atoms with Gasteiger partial charge in [-0.15, -0.1) is 0 Å². The number of benzene rings is 1. The van der Waals surface area contributed by atoms with Crippen molar-refractivity contribution in [3.63, 3.8) is 0 Å². The van der Waals surface area contributed by atoms with Crippen molar-refractivity contribution in [1.29, 1.82) is 0 Å². The average Bonchev–Trinajstić information content (AvgIpc) is 2.41. The van der Waals surface area contributed by atoms with Crippen molar-refractivity contribution in [1.82, 2.24) is 4.90 Å². The third-order valence-corrected chi connectivity index (χ3v) is 4.05. The maximum absolute atomic E-state index is 5.72. The van der Waals surface area contributed by atoms with Crippen molar-refractivity contribution in [3.05, 3.63) is 47.7 Å². The van der Waals surface area contributed by atoms with Crippen LogP contribution in [-0.4, -0.2) is 37.3 Å². The van der Waals surface area contributed by atoms with Crippen LogP contribution in [0.15, 0.2) is 42.2 Å². The summed E-state index contributed by atoms with van der Waals surface area (Å²) in [4.78, 5) is 2.60. The lowest BCUT2D eigenvalue weighted by atomic mass is 9.90. The quantitative estimate of drug-likeness (QED) is 0.779. The van der Waals surface area contributed by atoms with Gasteiger partial charge < -0.3 is 9.47 Å². The fourth-order valence-electron chi connectivity index (χ4n) is 3.19. The number of morpholine rings is 1. The highest BCUT2D eigenvalue weighted by Gasteiger charge is 2.36. The molecule has 102 valence electrons. The summed E-state index contributed by atoms with van der Waals surface area (Å²) in [5.41, 5.74) is 2.81. The van der Waals surface area contributed by atoms with Crippen molar-refractivity contribution in [3.8, 4) is 0 Å². The van der Waals surface area contributed by atoms with E-state index in [1.165, 1.54) is 11.1 Å². The molecular formula is C16H21NO2. The van der Waals surface area contributed by atoms with Crippen molar-refractivity contribution in [2.75, 3.05) is 20.3 Å². The van der Waals surface area contributed by atoms with E-state index >= 15 is 0 Å². The lowest BCUT2D eigenvalue weighted by molar-refractivity contribution is -0.0661. The molecule has 2 heterocycles. The van der Waals surface area contributed by atoms with Crippen LogP contribution in [0, 0.1) is 0 Å². The molecule has 0 amide bonds. The van der Waals surface area contributed by atoms with E-state index in [9.17, 15) is 0 Å². The van der Waals surface area contributed by atoms with Crippen LogP contribution in [0.3, 0.4) is 0 Å². The summed E-state index contributed by atoms with van der Waals surface area (Å²) < 4.78 is 10.9. The van der Waals surface area contributed by atoms with Crippen LogP contribution in [-0.2, 0) is 16.0 Å². The van der Waals surface area contributed by atoms with Crippen LogP contribution in [0.1, 0.15) is 18.4 Å². The van der Waals surface area contributed by atoms with Crippen LogP contribution < -0.4 is 0 Å². The second kappa shape index (κ2) is 5.76. The molecule has 3 heteroatoms. The Morgan fingerprint density at radius 3 is 2.53 bits per heavy atom. The Bertz CT molecular complexity index is 427. The molecule has 0 N–H and O–H groups in total. The molecule has 0 aromatic heterocycles. The Morgan fingerprint density at radius 2 is 1.89 bits per heavy atom. The molecule has 2 atom stereocenters. The summed E-state index contributed by atoms with van der Waals surface area (Å²) in [6, 6.07) is 11.7. The van der Waals surface area contributed by atoms with Crippen LogP contribution in [0.2, 0.25) is 0 Å². The van der Waals surface area contributed by atoms with Gasteiger partial charge in [0.25, 0.3) is 0 Å². The minimum absolute atomic E-state index is 0.495. The van der Waals surface area contributed by atoms with Gasteiger partial charge in [-0.05, 0) is 24.0 Å². The van der Waals surface area contributed by atoms with Crippen molar-refractivity contribution in [2.45, 2.75) is 31.5 Å². The Hall–Kier alpha value is -1.32. The van der Waals surface area contributed by atoms with Gasteiger partial charge in [0.05, 0.1) is 26.6 Å². The number of ether oxygens (including phenoxy) is 2. The molecule has 0 saturated carbocycles. The van der Waals surface area contributed by atoms with Crippen LogP contribution >= 0.6 is 0 Å². The number of fused-ring (bicyclic) bond motifs is 2. The van der Waals surface area contributed by atoms with Gasteiger partial charge in [0.1, 0.15) is 0 Å². The van der Waals surface area contributed by atoms with E-state index in [0.29, 0.717) is 12.1 Å². The first-order valence-corrected chi connectivity index (χ1v) is 6.95. The van der Waals surface area contributed by atoms with Gasteiger partial charge in [-0.2, -0.15) is 0 Å². The van der Waals surface area contributed by atoms with Gasteiger partial charge in [0, 0.05) is 18.6 Å². The number of methoxy groups -OCH3 is 1. The van der Waals surface area contributed by atoms with Crippen LogP contribution in [0.25, 0.3) is 0 Å². The smallest absolute Gasteiger partial charge is 0.0817 e. The van der Waals surface area contributed by atoms with Gasteiger partial charge >= 0.3 is 0 Å². The topological polar surface area (TPSA) is 21.7 Å². The molecule has 3 rings (SSSR count). The molecular weight excluding hydrogens is 238 g/mol. The van der Waals surface area contributed by atoms with Crippen LogP contribution in [0.4, 0.5) is 0 Å². The maximum Gasteiger partial charge on any atom is 0.0817 e. The van der Waals surface area contributed by atoms with Gasteiger partial charge in [-0.25, -0.2) is 0 Å².